The zero-order chi connectivity index (χ0) is 7.40. The molecule has 2 nitrogen and oxygen atoms in total. The molecule has 60 valence electrons. The molecule has 0 radical (unpaired) electrons. The highest BCUT2D eigenvalue weighted by molar-refractivity contribution is 4.68. The van der Waals surface area contributed by atoms with Crippen LogP contribution >= 0.6 is 0 Å². The first-order valence-corrected chi connectivity index (χ1v) is 4.24. The van der Waals surface area contributed by atoms with E-state index in [4.69, 9.17) is 0 Å². The number of nitrogens with zero attached hydrogens (tertiary/aromatic N) is 2. The SMILES string of the molecule is CCN(C)CCN1CCC1. The van der Waals surface area contributed by atoms with Crippen LogP contribution in [0.25, 0.3) is 0 Å². The van der Waals surface area contributed by atoms with Crippen LogP contribution in [0.2, 0.25) is 0 Å². The summed E-state index contributed by atoms with van der Waals surface area (Å²) in [6.45, 7) is 8.54. The molecule has 0 aromatic carbocycles. The van der Waals surface area contributed by atoms with Crippen molar-refractivity contribution in [2.45, 2.75) is 13.3 Å². The van der Waals surface area contributed by atoms with Crippen LogP contribution < -0.4 is 0 Å². The third-order valence-electron chi connectivity index (χ3n) is 2.29. The monoisotopic (exact) mass is 142 g/mol. The Morgan fingerprint density at radius 2 is 2.10 bits per heavy atom. The fraction of sp³-hybridized carbons (Fsp3) is 1.00. The van der Waals surface area contributed by atoms with Crippen molar-refractivity contribution in [2.75, 3.05) is 39.8 Å². The fourth-order valence-electron chi connectivity index (χ4n) is 1.08. The molecule has 1 rings (SSSR count). The van der Waals surface area contributed by atoms with Gasteiger partial charge in [0.25, 0.3) is 0 Å². The van der Waals surface area contributed by atoms with Crippen molar-refractivity contribution >= 4 is 0 Å². The second-order valence-electron chi connectivity index (χ2n) is 3.09. The zero-order valence-corrected chi connectivity index (χ0v) is 7.14. The average Bonchev–Trinajstić information content (AvgIpc) is 1.84. The van der Waals surface area contributed by atoms with Crippen molar-refractivity contribution in [3.05, 3.63) is 0 Å². The maximum atomic E-state index is 2.51. The molecule has 0 atom stereocenters. The van der Waals surface area contributed by atoms with E-state index in [1.54, 1.807) is 0 Å². The summed E-state index contributed by atoms with van der Waals surface area (Å²) in [5, 5.41) is 0. The highest BCUT2D eigenvalue weighted by Crippen LogP contribution is 2.03. The van der Waals surface area contributed by atoms with Gasteiger partial charge in [0.05, 0.1) is 0 Å². The van der Waals surface area contributed by atoms with Gasteiger partial charge in [-0.05, 0) is 33.1 Å². The number of rotatable bonds is 4. The van der Waals surface area contributed by atoms with E-state index >= 15 is 0 Å². The molecule has 1 fully saturated rings. The fourth-order valence-corrected chi connectivity index (χ4v) is 1.08. The van der Waals surface area contributed by atoms with Crippen LogP contribution in [-0.4, -0.2) is 49.6 Å². The lowest BCUT2D eigenvalue weighted by molar-refractivity contribution is 0.159. The third kappa shape index (κ3) is 2.27. The smallest absolute Gasteiger partial charge is 0.0109 e. The molecule has 0 amide bonds. The summed E-state index contributed by atoms with van der Waals surface area (Å²) < 4.78 is 0. The predicted molar refractivity (Wildman–Crippen MR) is 44.2 cm³/mol. The summed E-state index contributed by atoms with van der Waals surface area (Å²) in [7, 11) is 2.18. The predicted octanol–water partition coefficient (Wildman–Crippen LogP) is 0.644. The molecule has 1 aliphatic rings. The van der Waals surface area contributed by atoms with Gasteiger partial charge in [-0.2, -0.15) is 0 Å². The second-order valence-corrected chi connectivity index (χ2v) is 3.09. The molecule has 0 bridgehead atoms. The van der Waals surface area contributed by atoms with Gasteiger partial charge in [-0.1, -0.05) is 6.92 Å². The molecule has 0 aliphatic carbocycles. The summed E-state index contributed by atoms with van der Waals surface area (Å²) in [6, 6.07) is 0. The quantitative estimate of drug-likeness (QED) is 0.568. The Kier molecular flexibility index (Phi) is 3.16. The standard InChI is InChI=1S/C8H18N2/c1-3-9(2)7-8-10-5-4-6-10/h3-8H2,1-2H3. The average molecular weight is 142 g/mol. The number of likely N-dealkylation sites (N-methyl/N-ethyl adjacent to an activating group) is 1. The van der Waals surface area contributed by atoms with Gasteiger partial charge in [0.1, 0.15) is 0 Å². The molecule has 1 saturated heterocycles. The van der Waals surface area contributed by atoms with E-state index in [9.17, 15) is 0 Å². The summed E-state index contributed by atoms with van der Waals surface area (Å²) in [5.74, 6) is 0. The Bertz CT molecular complexity index is 84.5. The first-order chi connectivity index (χ1) is 4.83. The molecular weight excluding hydrogens is 124 g/mol. The van der Waals surface area contributed by atoms with E-state index in [-0.39, 0.29) is 0 Å². The van der Waals surface area contributed by atoms with E-state index in [1.807, 2.05) is 0 Å². The summed E-state index contributed by atoms with van der Waals surface area (Å²) in [6.07, 6.45) is 1.41. The highest BCUT2D eigenvalue weighted by atomic mass is 15.2. The third-order valence-corrected chi connectivity index (χ3v) is 2.29. The van der Waals surface area contributed by atoms with Gasteiger partial charge in [-0.3, -0.25) is 0 Å². The maximum Gasteiger partial charge on any atom is 0.0109 e. The number of hydrogen-bond acceptors (Lipinski definition) is 2. The van der Waals surface area contributed by atoms with Gasteiger partial charge >= 0.3 is 0 Å². The van der Waals surface area contributed by atoms with Crippen LogP contribution in [0.5, 0.6) is 0 Å². The van der Waals surface area contributed by atoms with Crippen LogP contribution in [0, 0.1) is 0 Å². The molecule has 0 spiro atoms. The minimum atomic E-state index is 1.17. The Labute approximate surface area is 63.8 Å². The van der Waals surface area contributed by atoms with Gasteiger partial charge in [0, 0.05) is 13.1 Å². The maximum absolute atomic E-state index is 2.51. The Morgan fingerprint density at radius 1 is 1.40 bits per heavy atom. The van der Waals surface area contributed by atoms with Crippen molar-refractivity contribution in [3.8, 4) is 0 Å². The summed E-state index contributed by atoms with van der Waals surface area (Å²) >= 11 is 0. The zero-order valence-electron chi connectivity index (χ0n) is 7.14. The van der Waals surface area contributed by atoms with Gasteiger partial charge in [-0.15, -0.1) is 0 Å². The van der Waals surface area contributed by atoms with Crippen molar-refractivity contribution < 1.29 is 0 Å². The molecule has 1 aliphatic heterocycles. The van der Waals surface area contributed by atoms with E-state index in [1.165, 1.54) is 39.1 Å². The molecule has 0 saturated carbocycles. The first kappa shape index (κ1) is 8.02. The molecule has 0 unspecified atom stereocenters. The Hall–Kier alpha value is -0.0800. The van der Waals surface area contributed by atoms with Crippen molar-refractivity contribution in [1.82, 2.24) is 9.80 Å². The minimum absolute atomic E-state index is 1.17. The van der Waals surface area contributed by atoms with Gasteiger partial charge < -0.3 is 9.80 Å². The first-order valence-electron chi connectivity index (χ1n) is 4.24. The van der Waals surface area contributed by atoms with Crippen LogP contribution in [-0.2, 0) is 0 Å². The van der Waals surface area contributed by atoms with Crippen LogP contribution in [0.4, 0.5) is 0 Å². The van der Waals surface area contributed by atoms with Crippen molar-refractivity contribution in [3.63, 3.8) is 0 Å². The molecule has 0 aromatic rings. The largest absolute Gasteiger partial charge is 0.305 e. The topological polar surface area (TPSA) is 6.48 Å². The van der Waals surface area contributed by atoms with Gasteiger partial charge in [-0.25, -0.2) is 0 Å². The highest BCUT2D eigenvalue weighted by Gasteiger charge is 2.12. The van der Waals surface area contributed by atoms with E-state index in [0.717, 1.165) is 0 Å². The van der Waals surface area contributed by atoms with E-state index in [2.05, 4.69) is 23.8 Å². The van der Waals surface area contributed by atoms with E-state index < -0.39 is 0 Å². The molecule has 0 aromatic heterocycles. The van der Waals surface area contributed by atoms with Crippen LogP contribution in [0.1, 0.15) is 13.3 Å². The lowest BCUT2D eigenvalue weighted by atomic mass is 10.2. The van der Waals surface area contributed by atoms with Crippen molar-refractivity contribution in [2.24, 2.45) is 0 Å². The van der Waals surface area contributed by atoms with Crippen LogP contribution in [0.3, 0.4) is 0 Å². The Morgan fingerprint density at radius 3 is 2.50 bits per heavy atom. The molecular formula is C8H18N2. The summed E-state index contributed by atoms with van der Waals surface area (Å²) in [5.41, 5.74) is 0. The number of hydrogen-bond donors (Lipinski definition) is 0. The normalized spacial score (nSPS) is 19.5. The minimum Gasteiger partial charge on any atom is -0.305 e. The summed E-state index contributed by atoms with van der Waals surface area (Å²) in [4.78, 5) is 4.87. The lowest BCUT2D eigenvalue weighted by Crippen LogP contribution is -2.41. The van der Waals surface area contributed by atoms with E-state index in [0.29, 0.717) is 0 Å². The molecule has 0 N–H and O–H groups in total. The number of likely N-dealkylation sites (tertiary alicyclic amines) is 1. The molecule has 1 heterocycles. The molecule has 2 heteroatoms. The van der Waals surface area contributed by atoms with Crippen LogP contribution in [0.15, 0.2) is 0 Å². The van der Waals surface area contributed by atoms with Crippen molar-refractivity contribution in [1.29, 1.82) is 0 Å². The second kappa shape index (κ2) is 3.94. The van der Waals surface area contributed by atoms with Gasteiger partial charge in [0.15, 0.2) is 0 Å². The Balaban J connectivity index is 1.93. The lowest BCUT2D eigenvalue weighted by Gasteiger charge is -2.31. The molecule has 10 heavy (non-hydrogen) atoms. The van der Waals surface area contributed by atoms with Gasteiger partial charge in [0.2, 0.25) is 0 Å².